The summed E-state index contributed by atoms with van der Waals surface area (Å²) in [7, 11) is 0. The largest absolute Gasteiger partial charge is 0.382 e. The molecule has 33 heavy (non-hydrogen) atoms. The average Bonchev–Trinajstić information content (AvgIpc) is 2.77. The van der Waals surface area contributed by atoms with E-state index >= 15 is 0 Å². The van der Waals surface area contributed by atoms with Gasteiger partial charge in [0.15, 0.2) is 5.52 Å². The topological polar surface area (TPSA) is 142 Å². The lowest BCUT2D eigenvalue weighted by Crippen LogP contribution is -2.42. The van der Waals surface area contributed by atoms with Crippen LogP contribution >= 0.6 is 23.2 Å². The summed E-state index contributed by atoms with van der Waals surface area (Å²) in [4.78, 5) is 41.9. The van der Waals surface area contributed by atoms with E-state index < -0.39 is 10.5 Å². The van der Waals surface area contributed by atoms with Crippen LogP contribution in [0.3, 0.4) is 0 Å². The van der Waals surface area contributed by atoms with Crippen LogP contribution in [0.1, 0.15) is 25.7 Å². The van der Waals surface area contributed by atoms with Crippen molar-refractivity contribution < 1.29 is 9.72 Å². The number of hydrogen-bond donors (Lipinski definition) is 4. The molecule has 4 N–H and O–H groups in total. The number of carbonyl (C=O) groups is 1. The van der Waals surface area contributed by atoms with E-state index in [1.807, 2.05) is 0 Å². The number of benzene rings is 2. The molecule has 2 aromatic carbocycles. The zero-order valence-corrected chi connectivity index (χ0v) is 18.7. The maximum atomic E-state index is 12.4. The number of carbonyl (C=O) groups excluding carboxylic acids is 1. The first-order chi connectivity index (χ1) is 15.8. The molecule has 0 saturated heterocycles. The zero-order chi connectivity index (χ0) is 23.5. The Bertz CT molecular complexity index is 1270. The van der Waals surface area contributed by atoms with Gasteiger partial charge in [0.25, 0.3) is 11.2 Å². The predicted octanol–water partition coefficient (Wildman–Crippen LogP) is 4.68. The number of amides is 2. The molecular weight excluding hydrogens is 471 g/mol. The fraction of sp³-hybridized carbons (Fsp3) is 0.286. The molecule has 1 aromatic heterocycles. The van der Waals surface area contributed by atoms with E-state index in [1.165, 1.54) is 12.1 Å². The third-order valence-corrected chi connectivity index (χ3v) is 6.13. The summed E-state index contributed by atoms with van der Waals surface area (Å²) in [6.45, 7) is 0. The quantitative estimate of drug-likeness (QED) is 0.302. The van der Waals surface area contributed by atoms with Crippen molar-refractivity contribution in [2.24, 2.45) is 0 Å². The van der Waals surface area contributed by atoms with Crippen molar-refractivity contribution in [2.45, 2.75) is 37.8 Å². The molecule has 0 bridgehead atoms. The maximum Gasteiger partial charge on any atom is 0.319 e. The van der Waals surface area contributed by atoms with E-state index in [0.29, 0.717) is 34.3 Å². The van der Waals surface area contributed by atoms with Crippen LogP contribution in [0.5, 0.6) is 0 Å². The molecule has 0 spiro atoms. The third-order valence-electron chi connectivity index (χ3n) is 5.57. The summed E-state index contributed by atoms with van der Waals surface area (Å²) in [5, 5.41) is 21.3. The molecule has 1 heterocycles. The van der Waals surface area contributed by atoms with Crippen LogP contribution in [0.2, 0.25) is 10.0 Å². The molecule has 2 amide bonds. The number of hydrogen-bond acceptors (Lipinski definition) is 6. The number of H-pyrrole nitrogens is 1. The number of non-ortho nitro benzene ring substituents is 1. The number of urea groups is 1. The number of nitrogens with zero attached hydrogens (tertiary/aromatic N) is 2. The van der Waals surface area contributed by atoms with E-state index in [1.54, 1.807) is 18.2 Å². The lowest BCUT2D eigenvalue weighted by Gasteiger charge is -2.30. The second-order valence-corrected chi connectivity index (χ2v) is 8.60. The molecule has 1 aliphatic rings. The van der Waals surface area contributed by atoms with Crippen molar-refractivity contribution in [3.05, 3.63) is 67.2 Å². The minimum absolute atomic E-state index is 0.0281. The van der Waals surface area contributed by atoms with Crippen LogP contribution in [-0.2, 0) is 0 Å². The highest BCUT2D eigenvalue weighted by Crippen LogP contribution is 2.30. The molecule has 0 atom stereocenters. The predicted molar refractivity (Wildman–Crippen MR) is 127 cm³/mol. The Labute approximate surface area is 197 Å². The summed E-state index contributed by atoms with van der Waals surface area (Å²) >= 11 is 12.0. The maximum absolute atomic E-state index is 12.4. The van der Waals surface area contributed by atoms with Crippen LogP contribution in [0, 0.1) is 10.1 Å². The normalized spacial score (nSPS) is 18.0. The third kappa shape index (κ3) is 5.18. The number of anilines is 2. The van der Waals surface area contributed by atoms with Crippen LogP contribution in [0.15, 0.2) is 41.5 Å². The molecule has 1 saturated carbocycles. The first-order valence-electron chi connectivity index (χ1n) is 10.3. The molecule has 0 unspecified atom stereocenters. The minimum atomic E-state index is -0.558. The molecule has 10 nitrogen and oxygen atoms in total. The molecule has 1 fully saturated rings. The average molecular weight is 491 g/mol. The van der Waals surface area contributed by atoms with Crippen LogP contribution in [-0.4, -0.2) is 33.0 Å². The van der Waals surface area contributed by atoms with Crippen molar-refractivity contribution in [3.8, 4) is 0 Å². The lowest BCUT2D eigenvalue weighted by molar-refractivity contribution is -0.383. The monoisotopic (exact) mass is 490 g/mol. The van der Waals surface area contributed by atoms with Gasteiger partial charge in [0, 0.05) is 28.9 Å². The Morgan fingerprint density at radius 2 is 1.82 bits per heavy atom. The number of halogens is 2. The van der Waals surface area contributed by atoms with Gasteiger partial charge in [-0.3, -0.25) is 14.9 Å². The first kappa shape index (κ1) is 22.8. The van der Waals surface area contributed by atoms with Crippen molar-refractivity contribution >= 4 is 57.2 Å². The molecule has 172 valence electrons. The standard InChI is InChI=1S/C21H20Cl2N6O4/c22-11-1-6-14(23)16(9-11)28-21(31)27-13-4-2-12(3-5-13)26-15-7-8-17(29(32)33)19-18(15)20(30)25-10-24-19/h1,6-10,12-13,26H,2-5H2,(H,24,25,30)(H2,27,28,31). The van der Waals surface area contributed by atoms with Gasteiger partial charge in [-0.05, 0) is 49.9 Å². The van der Waals surface area contributed by atoms with Gasteiger partial charge >= 0.3 is 6.03 Å². The second kappa shape index (κ2) is 9.63. The lowest BCUT2D eigenvalue weighted by atomic mass is 9.91. The fourth-order valence-electron chi connectivity index (χ4n) is 3.98. The van der Waals surface area contributed by atoms with Crippen LogP contribution in [0.25, 0.3) is 10.9 Å². The van der Waals surface area contributed by atoms with Gasteiger partial charge in [0.1, 0.15) is 0 Å². The molecular formula is C21H20Cl2N6O4. The SMILES string of the molecule is O=C(Nc1cc(Cl)ccc1Cl)NC1CCC(Nc2ccc([N+](=O)[O-])c3nc[nH]c(=O)c23)CC1. The Morgan fingerprint density at radius 3 is 2.55 bits per heavy atom. The zero-order valence-electron chi connectivity index (χ0n) is 17.2. The van der Waals surface area contributed by atoms with Crippen molar-refractivity contribution in [3.63, 3.8) is 0 Å². The molecule has 0 aliphatic heterocycles. The highest BCUT2D eigenvalue weighted by molar-refractivity contribution is 6.35. The van der Waals surface area contributed by atoms with Gasteiger partial charge < -0.3 is 20.9 Å². The number of aromatic nitrogens is 2. The van der Waals surface area contributed by atoms with Gasteiger partial charge in [-0.2, -0.15) is 0 Å². The van der Waals surface area contributed by atoms with E-state index in [9.17, 15) is 19.7 Å². The number of rotatable bonds is 5. The number of nitro groups is 1. The molecule has 3 aromatic rings. The summed E-state index contributed by atoms with van der Waals surface area (Å²) < 4.78 is 0. The van der Waals surface area contributed by atoms with E-state index in [2.05, 4.69) is 25.9 Å². The first-order valence-corrected chi connectivity index (χ1v) is 11.0. The van der Waals surface area contributed by atoms with Crippen LogP contribution < -0.4 is 21.5 Å². The molecule has 4 rings (SSSR count). The van der Waals surface area contributed by atoms with E-state index in [0.717, 1.165) is 19.2 Å². The number of nitro benzene ring substituents is 1. The Balaban J connectivity index is 1.38. The van der Waals surface area contributed by atoms with Gasteiger partial charge in [0.05, 0.1) is 27.3 Å². The number of nitrogens with one attached hydrogen (secondary N) is 4. The van der Waals surface area contributed by atoms with Crippen molar-refractivity contribution in [1.82, 2.24) is 15.3 Å². The number of aromatic amines is 1. The van der Waals surface area contributed by atoms with Gasteiger partial charge in [-0.15, -0.1) is 0 Å². The van der Waals surface area contributed by atoms with Gasteiger partial charge in [-0.25, -0.2) is 9.78 Å². The Hall–Kier alpha value is -3.37. The molecule has 1 aliphatic carbocycles. The summed E-state index contributed by atoms with van der Waals surface area (Å²) in [5.41, 5.74) is 0.300. The summed E-state index contributed by atoms with van der Waals surface area (Å²) in [5.74, 6) is 0. The van der Waals surface area contributed by atoms with Gasteiger partial charge in [-0.1, -0.05) is 23.2 Å². The summed E-state index contributed by atoms with van der Waals surface area (Å²) in [6, 6.07) is 7.35. The van der Waals surface area contributed by atoms with Crippen molar-refractivity contribution in [1.29, 1.82) is 0 Å². The van der Waals surface area contributed by atoms with Crippen molar-refractivity contribution in [2.75, 3.05) is 10.6 Å². The highest BCUT2D eigenvalue weighted by Gasteiger charge is 2.25. The second-order valence-electron chi connectivity index (χ2n) is 7.76. The van der Waals surface area contributed by atoms with Crippen LogP contribution in [0.4, 0.5) is 21.9 Å². The highest BCUT2D eigenvalue weighted by atomic mass is 35.5. The molecule has 12 heteroatoms. The fourth-order valence-corrected chi connectivity index (χ4v) is 4.31. The Morgan fingerprint density at radius 1 is 1.09 bits per heavy atom. The van der Waals surface area contributed by atoms with E-state index in [4.69, 9.17) is 23.2 Å². The Kier molecular flexibility index (Phi) is 6.66. The summed E-state index contributed by atoms with van der Waals surface area (Å²) in [6.07, 6.45) is 4.06. The molecule has 0 radical (unpaired) electrons. The minimum Gasteiger partial charge on any atom is -0.382 e. The van der Waals surface area contributed by atoms with Gasteiger partial charge in [0.2, 0.25) is 0 Å². The smallest absolute Gasteiger partial charge is 0.319 e. The van der Waals surface area contributed by atoms with E-state index in [-0.39, 0.29) is 34.7 Å². The number of fused-ring (bicyclic) bond motifs is 1.